The maximum absolute atomic E-state index is 12.1. The maximum atomic E-state index is 12.1. The number of anilines is 1. The minimum absolute atomic E-state index is 0.000570. The first-order chi connectivity index (χ1) is 9.38. The van der Waals surface area contributed by atoms with E-state index >= 15 is 0 Å². The van der Waals surface area contributed by atoms with Crippen LogP contribution in [-0.2, 0) is 14.8 Å². The molecule has 1 aliphatic rings. The Kier molecular flexibility index (Phi) is 4.26. The van der Waals surface area contributed by atoms with E-state index in [0.29, 0.717) is 19.8 Å². The number of nitrogen functional groups attached to an aromatic ring is 1. The monoisotopic (exact) mass is 299 g/mol. The van der Waals surface area contributed by atoms with Crippen LogP contribution in [0.5, 0.6) is 0 Å². The molecule has 1 aromatic carbocycles. The van der Waals surface area contributed by atoms with Gasteiger partial charge < -0.3 is 15.8 Å². The van der Waals surface area contributed by atoms with E-state index in [2.05, 4.69) is 5.32 Å². The second-order valence-electron chi connectivity index (χ2n) is 4.74. The van der Waals surface area contributed by atoms with Crippen LogP contribution in [0.25, 0.3) is 0 Å². The van der Waals surface area contributed by atoms with Crippen molar-refractivity contribution in [1.29, 1.82) is 0 Å². The van der Waals surface area contributed by atoms with E-state index < -0.39 is 15.9 Å². The largest absolute Gasteiger partial charge is 0.399 e. The molecule has 1 amide bonds. The Bertz CT molecular complexity index is 609. The average molecular weight is 299 g/mol. The van der Waals surface area contributed by atoms with Crippen LogP contribution in [0.3, 0.4) is 0 Å². The fourth-order valence-electron chi connectivity index (χ4n) is 2.04. The molecule has 0 aliphatic carbocycles. The zero-order valence-electron chi connectivity index (χ0n) is 10.8. The van der Waals surface area contributed by atoms with E-state index in [-0.39, 0.29) is 22.1 Å². The van der Waals surface area contributed by atoms with Gasteiger partial charge in [0.05, 0.1) is 17.1 Å². The van der Waals surface area contributed by atoms with Gasteiger partial charge in [-0.3, -0.25) is 4.79 Å². The summed E-state index contributed by atoms with van der Waals surface area (Å²) < 4.78 is 28.2. The molecule has 7 nitrogen and oxygen atoms in total. The SMILES string of the molecule is Nc1ccc(C(=O)NCC2CCOC2)c(S(N)(=O)=O)c1. The Morgan fingerprint density at radius 2 is 2.20 bits per heavy atom. The maximum Gasteiger partial charge on any atom is 0.252 e. The normalized spacial score (nSPS) is 18.9. The van der Waals surface area contributed by atoms with E-state index in [1.165, 1.54) is 18.2 Å². The van der Waals surface area contributed by atoms with Crippen molar-refractivity contribution in [3.63, 3.8) is 0 Å². The highest BCUT2D eigenvalue weighted by molar-refractivity contribution is 7.89. The van der Waals surface area contributed by atoms with Gasteiger partial charge in [-0.2, -0.15) is 0 Å². The van der Waals surface area contributed by atoms with Gasteiger partial charge in [-0.1, -0.05) is 0 Å². The quantitative estimate of drug-likeness (QED) is 0.657. The summed E-state index contributed by atoms with van der Waals surface area (Å²) in [4.78, 5) is 11.8. The van der Waals surface area contributed by atoms with Gasteiger partial charge in [0, 0.05) is 24.8 Å². The van der Waals surface area contributed by atoms with Crippen molar-refractivity contribution < 1.29 is 17.9 Å². The van der Waals surface area contributed by atoms with Gasteiger partial charge in [-0.05, 0) is 24.6 Å². The first-order valence-electron chi connectivity index (χ1n) is 6.16. The number of hydrogen-bond donors (Lipinski definition) is 3. The number of hydrogen-bond acceptors (Lipinski definition) is 5. The van der Waals surface area contributed by atoms with Crippen LogP contribution in [0.2, 0.25) is 0 Å². The third kappa shape index (κ3) is 3.47. The number of carbonyl (C=O) groups is 1. The molecule has 0 saturated carbocycles. The minimum atomic E-state index is -4.00. The molecule has 0 aromatic heterocycles. The van der Waals surface area contributed by atoms with Crippen LogP contribution in [0, 0.1) is 5.92 Å². The number of rotatable bonds is 4. The first-order valence-corrected chi connectivity index (χ1v) is 7.71. The second kappa shape index (κ2) is 5.78. The molecule has 1 unspecified atom stereocenters. The van der Waals surface area contributed by atoms with Gasteiger partial charge in [0.15, 0.2) is 0 Å². The fraction of sp³-hybridized carbons (Fsp3) is 0.417. The highest BCUT2D eigenvalue weighted by atomic mass is 32.2. The standard InChI is InChI=1S/C12H17N3O4S/c13-9-1-2-10(11(5-9)20(14,17)18)12(16)15-6-8-3-4-19-7-8/h1-2,5,8H,3-4,6-7,13H2,(H,15,16)(H2,14,17,18). The van der Waals surface area contributed by atoms with E-state index in [9.17, 15) is 13.2 Å². The Hall–Kier alpha value is -1.64. The number of sulfonamides is 1. The van der Waals surface area contributed by atoms with E-state index in [1.807, 2.05) is 0 Å². The highest BCUT2D eigenvalue weighted by Gasteiger charge is 2.21. The molecular weight excluding hydrogens is 282 g/mol. The number of ether oxygens (including phenoxy) is 1. The predicted molar refractivity (Wildman–Crippen MR) is 73.5 cm³/mol. The summed E-state index contributed by atoms with van der Waals surface area (Å²) in [6.07, 6.45) is 0.879. The number of amides is 1. The van der Waals surface area contributed by atoms with Gasteiger partial charge >= 0.3 is 0 Å². The molecule has 1 heterocycles. The van der Waals surface area contributed by atoms with E-state index in [1.54, 1.807) is 0 Å². The molecule has 1 aliphatic heterocycles. The molecule has 5 N–H and O–H groups in total. The van der Waals surface area contributed by atoms with Crippen molar-refractivity contribution in [2.75, 3.05) is 25.5 Å². The lowest BCUT2D eigenvalue weighted by Crippen LogP contribution is -2.31. The summed E-state index contributed by atoms with van der Waals surface area (Å²) in [7, 11) is -4.00. The molecule has 1 saturated heterocycles. The lowest BCUT2D eigenvalue weighted by molar-refractivity contribution is 0.0941. The molecule has 1 fully saturated rings. The van der Waals surface area contributed by atoms with E-state index in [4.69, 9.17) is 15.6 Å². The van der Waals surface area contributed by atoms with Crippen molar-refractivity contribution >= 4 is 21.6 Å². The third-order valence-corrected chi connectivity index (χ3v) is 4.08. The van der Waals surface area contributed by atoms with Gasteiger partial charge in [0.2, 0.25) is 10.0 Å². The van der Waals surface area contributed by atoms with Crippen molar-refractivity contribution in [2.45, 2.75) is 11.3 Å². The summed E-state index contributed by atoms with van der Waals surface area (Å²) in [6, 6.07) is 4.00. The van der Waals surface area contributed by atoms with Crippen molar-refractivity contribution in [3.05, 3.63) is 23.8 Å². The number of carbonyl (C=O) groups excluding carboxylic acids is 1. The van der Waals surface area contributed by atoms with Crippen LogP contribution in [0.4, 0.5) is 5.69 Å². The molecule has 1 aromatic rings. The number of nitrogens with one attached hydrogen (secondary N) is 1. The zero-order chi connectivity index (χ0) is 14.8. The Morgan fingerprint density at radius 3 is 2.80 bits per heavy atom. The summed E-state index contributed by atoms with van der Waals surface area (Å²) in [5, 5.41) is 7.79. The summed E-state index contributed by atoms with van der Waals surface area (Å²) in [5.74, 6) is -0.230. The Balaban J connectivity index is 2.16. The van der Waals surface area contributed by atoms with Crippen LogP contribution in [-0.4, -0.2) is 34.1 Å². The molecule has 8 heteroatoms. The van der Waals surface area contributed by atoms with Crippen molar-refractivity contribution in [3.8, 4) is 0 Å². The van der Waals surface area contributed by atoms with Crippen LogP contribution >= 0.6 is 0 Å². The second-order valence-corrected chi connectivity index (χ2v) is 6.27. The minimum Gasteiger partial charge on any atom is -0.399 e. The van der Waals surface area contributed by atoms with Crippen LogP contribution in [0.15, 0.2) is 23.1 Å². The first kappa shape index (κ1) is 14.8. The lowest BCUT2D eigenvalue weighted by atomic mass is 10.1. The van der Waals surface area contributed by atoms with Gasteiger partial charge in [0.25, 0.3) is 5.91 Å². The zero-order valence-corrected chi connectivity index (χ0v) is 11.7. The molecule has 2 rings (SSSR count). The van der Waals surface area contributed by atoms with Crippen molar-refractivity contribution in [2.24, 2.45) is 11.1 Å². The predicted octanol–water partition coefficient (Wildman–Crippen LogP) is -0.317. The third-order valence-electron chi connectivity index (χ3n) is 3.13. The molecule has 1 atom stereocenters. The highest BCUT2D eigenvalue weighted by Crippen LogP contribution is 2.18. The van der Waals surface area contributed by atoms with Crippen LogP contribution < -0.4 is 16.2 Å². The Labute approximate surface area is 117 Å². The molecule has 0 radical (unpaired) electrons. The average Bonchev–Trinajstić information content (AvgIpc) is 2.88. The van der Waals surface area contributed by atoms with Gasteiger partial charge in [0.1, 0.15) is 0 Å². The molecule has 0 bridgehead atoms. The smallest absolute Gasteiger partial charge is 0.252 e. The number of primary sulfonamides is 1. The summed E-state index contributed by atoms with van der Waals surface area (Å²) in [6.45, 7) is 1.72. The molecule has 0 spiro atoms. The molecular formula is C12H17N3O4S. The van der Waals surface area contributed by atoms with Gasteiger partial charge in [-0.25, -0.2) is 13.6 Å². The summed E-state index contributed by atoms with van der Waals surface area (Å²) >= 11 is 0. The lowest BCUT2D eigenvalue weighted by Gasteiger charge is -2.12. The molecule has 20 heavy (non-hydrogen) atoms. The van der Waals surface area contributed by atoms with E-state index in [0.717, 1.165) is 6.42 Å². The summed E-state index contributed by atoms with van der Waals surface area (Å²) in [5.41, 5.74) is 5.76. The van der Waals surface area contributed by atoms with Crippen molar-refractivity contribution in [1.82, 2.24) is 5.32 Å². The number of nitrogens with two attached hydrogens (primary N) is 2. The van der Waals surface area contributed by atoms with Crippen LogP contribution in [0.1, 0.15) is 16.8 Å². The number of benzene rings is 1. The fourth-order valence-corrected chi connectivity index (χ4v) is 2.81. The Morgan fingerprint density at radius 1 is 1.45 bits per heavy atom. The molecule has 110 valence electrons. The topological polar surface area (TPSA) is 125 Å². The van der Waals surface area contributed by atoms with Gasteiger partial charge in [-0.15, -0.1) is 0 Å².